The van der Waals surface area contributed by atoms with Crippen molar-refractivity contribution in [2.45, 2.75) is 19.5 Å². The molecule has 174 valence electrons. The van der Waals surface area contributed by atoms with Gasteiger partial charge in [0.2, 0.25) is 5.95 Å². The van der Waals surface area contributed by atoms with Gasteiger partial charge in [-0.3, -0.25) is 4.79 Å². The summed E-state index contributed by atoms with van der Waals surface area (Å²) in [6.07, 6.45) is 3.67. The first-order chi connectivity index (χ1) is 16.5. The molecule has 5 rings (SSSR count). The minimum absolute atomic E-state index is 0.226. The molecule has 2 aromatic heterocycles. The van der Waals surface area contributed by atoms with E-state index >= 15 is 0 Å². The third kappa shape index (κ3) is 4.27. The molecular weight excluding hydrogens is 437 g/mol. The number of amides is 1. The molecule has 0 aliphatic carbocycles. The third-order valence-electron chi connectivity index (χ3n) is 5.66. The number of aromatic nitrogens is 4. The molecule has 34 heavy (non-hydrogen) atoms. The zero-order chi connectivity index (χ0) is 23.7. The van der Waals surface area contributed by atoms with E-state index in [4.69, 9.17) is 4.74 Å². The fourth-order valence-electron chi connectivity index (χ4n) is 4.03. The predicted molar refractivity (Wildman–Crippen MR) is 125 cm³/mol. The molecule has 0 atom stereocenters. The van der Waals surface area contributed by atoms with E-state index in [1.54, 1.807) is 22.6 Å². The van der Waals surface area contributed by atoms with Gasteiger partial charge in [-0.2, -0.15) is 0 Å². The Balaban J connectivity index is 1.33. The second kappa shape index (κ2) is 9.06. The summed E-state index contributed by atoms with van der Waals surface area (Å²) in [6, 6.07) is 10.5. The van der Waals surface area contributed by atoms with Gasteiger partial charge in [-0.05, 0) is 43.9 Å². The lowest BCUT2D eigenvalue weighted by atomic mass is 10.0. The zero-order valence-electron chi connectivity index (χ0n) is 18.9. The number of rotatable bonds is 7. The summed E-state index contributed by atoms with van der Waals surface area (Å²) in [4.78, 5) is 19.2. The maximum atomic E-state index is 14.5. The Bertz CT molecular complexity index is 1350. The molecule has 0 fully saturated rings. The van der Waals surface area contributed by atoms with E-state index in [0.717, 1.165) is 17.7 Å². The van der Waals surface area contributed by atoms with Crippen molar-refractivity contribution in [3.8, 4) is 5.75 Å². The first-order valence-corrected chi connectivity index (χ1v) is 10.9. The Labute approximate surface area is 195 Å². The lowest BCUT2D eigenvalue weighted by Crippen LogP contribution is -2.15. The molecule has 4 aromatic rings. The van der Waals surface area contributed by atoms with Gasteiger partial charge in [-0.25, -0.2) is 13.8 Å². The number of carbonyl (C=O) groups is 1. The monoisotopic (exact) mass is 461 g/mol. The van der Waals surface area contributed by atoms with Crippen LogP contribution in [-0.4, -0.2) is 51.1 Å². The van der Waals surface area contributed by atoms with Gasteiger partial charge in [0.25, 0.3) is 5.91 Å². The SMILES string of the molecule is CN(C)Cc1ccc(C(=O)Nc2cnc(NCc3c(F)ccc4c3CCO4)n3cnnc23)cc1. The van der Waals surface area contributed by atoms with Crippen LogP contribution in [0.2, 0.25) is 0 Å². The number of nitrogens with zero attached hydrogens (tertiary/aromatic N) is 5. The number of halogens is 1. The van der Waals surface area contributed by atoms with Crippen molar-refractivity contribution in [1.82, 2.24) is 24.5 Å². The van der Waals surface area contributed by atoms with Crippen LogP contribution < -0.4 is 15.4 Å². The van der Waals surface area contributed by atoms with Gasteiger partial charge in [0.05, 0.1) is 12.8 Å². The fraction of sp³-hybridized carbons (Fsp3) is 0.250. The highest BCUT2D eigenvalue weighted by Gasteiger charge is 2.20. The molecule has 3 heterocycles. The van der Waals surface area contributed by atoms with Crippen LogP contribution in [0.5, 0.6) is 5.75 Å². The minimum atomic E-state index is -0.294. The number of carbonyl (C=O) groups excluding carboxylic acids is 1. The molecule has 1 aliphatic rings. The Kier molecular flexibility index (Phi) is 5.81. The van der Waals surface area contributed by atoms with Crippen molar-refractivity contribution in [3.05, 3.63) is 77.0 Å². The maximum absolute atomic E-state index is 14.5. The number of hydrogen-bond acceptors (Lipinski definition) is 7. The smallest absolute Gasteiger partial charge is 0.255 e. The zero-order valence-corrected chi connectivity index (χ0v) is 18.9. The number of benzene rings is 2. The average molecular weight is 462 g/mol. The summed E-state index contributed by atoms with van der Waals surface area (Å²) in [5, 5.41) is 14.1. The number of anilines is 2. The van der Waals surface area contributed by atoms with Gasteiger partial charge in [-0.1, -0.05) is 12.1 Å². The van der Waals surface area contributed by atoms with E-state index in [0.29, 0.717) is 47.2 Å². The van der Waals surface area contributed by atoms with Crippen molar-refractivity contribution >= 4 is 23.2 Å². The molecule has 0 radical (unpaired) electrons. The molecule has 2 aromatic carbocycles. The first-order valence-electron chi connectivity index (χ1n) is 10.9. The number of ether oxygens (including phenoxy) is 1. The fourth-order valence-corrected chi connectivity index (χ4v) is 4.03. The lowest BCUT2D eigenvalue weighted by molar-refractivity contribution is 0.102. The van der Waals surface area contributed by atoms with Crippen molar-refractivity contribution in [2.75, 3.05) is 31.3 Å². The van der Waals surface area contributed by atoms with E-state index < -0.39 is 0 Å². The van der Waals surface area contributed by atoms with Crippen LogP contribution in [0.25, 0.3) is 5.65 Å². The molecule has 10 heteroatoms. The second-order valence-corrected chi connectivity index (χ2v) is 8.36. The molecular formula is C24H24FN7O2. The lowest BCUT2D eigenvalue weighted by Gasteiger charge is -2.13. The normalized spacial score (nSPS) is 12.6. The van der Waals surface area contributed by atoms with Crippen LogP contribution in [0.15, 0.2) is 48.9 Å². The van der Waals surface area contributed by atoms with E-state index in [2.05, 4.69) is 30.7 Å². The Morgan fingerprint density at radius 3 is 2.82 bits per heavy atom. The highest BCUT2D eigenvalue weighted by Crippen LogP contribution is 2.30. The Morgan fingerprint density at radius 2 is 2.03 bits per heavy atom. The second-order valence-electron chi connectivity index (χ2n) is 8.36. The van der Waals surface area contributed by atoms with Crippen LogP contribution in [-0.2, 0) is 19.5 Å². The average Bonchev–Trinajstić information content (AvgIpc) is 3.49. The topological polar surface area (TPSA) is 96.7 Å². The number of hydrogen-bond donors (Lipinski definition) is 2. The molecule has 0 unspecified atom stereocenters. The summed E-state index contributed by atoms with van der Waals surface area (Å²) in [5.41, 5.74) is 3.91. The van der Waals surface area contributed by atoms with Crippen molar-refractivity contribution < 1.29 is 13.9 Å². The highest BCUT2D eigenvalue weighted by atomic mass is 19.1. The highest BCUT2D eigenvalue weighted by molar-refractivity contribution is 6.05. The summed E-state index contributed by atoms with van der Waals surface area (Å²) in [6.45, 7) is 1.57. The van der Waals surface area contributed by atoms with Crippen molar-refractivity contribution in [2.24, 2.45) is 0 Å². The van der Waals surface area contributed by atoms with Gasteiger partial charge in [0.15, 0.2) is 5.65 Å². The minimum Gasteiger partial charge on any atom is -0.493 e. The van der Waals surface area contributed by atoms with Crippen LogP contribution in [0.4, 0.5) is 16.0 Å². The van der Waals surface area contributed by atoms with Gasteiger partial charge in [0, 0.05) is 36.2 Å². The van der Waals surface area contributed by atoms with Crippen LogP contribution >= 0.6 is 0 Å². The molecule has 0 spiro atoms. The number of fused-ring (bicyclic) bond motifs is 2. The summed E-state index contributed by atoms with van der Waals surface area (Å²) in [7, 11) is 3.99. The molecule has 0 bridgehead atoms. The molecule has 9 nitrogen and oxygen atoms in total. The van der Waals surface area contributed by atoms with Gasteiger partial charge >= 0.3 is 0 Å². The Hall–Kier alpha value is -4.05. The van der Waals surface area contributed by atoms with Gasteiger partial charge in [-0.15, -0.1) is 10.2 Å². The van der Waals surface area contributed by atoms with E-state index in [1.165, 1.54) is 18.6 Å². The standard InChI is InChI=1S/C24H24FN7O2/c1-31(2)13-15-3-5-16(6-4-15)23(33)29-20-12-27-24(32-14-28-30-22(20)32)26-11-18-17-9-10-34-21(17)8-7-19(18)25/h3-8,12,14H,9-11,13H2,1-2H3,(H,26,27)(H,29,33). The third-order valence-corrected chi connectivity index (χ3v) is 5.66. The van der Waals surface area contributed by atoms with Crippen LogP contribution in [0.1, 0.15) is 27.0 Å². The van der Waals surface area contributed by atoms with Crippen molar-refractivity contribution in [1.29, 1.82) is 0 Å². The summed E-state index contributed by atoms with van der Waals surface area (Å²) >= 11 is 0. The van der Waals surface area contributed by atoms with Gasteiger partial charge < -0.3 is 20.3 Å². The quantitative estimate of drug-likeness (QED) is 0.437. The van der Waals surface area contributed by atoms with Gasteiger partial charge in [0.1, 0.15) is 23.6 Å². The molecule has 0 saturated heterocycles. The van der Waals surface area contributed by atoms with Crippen LogP contribution in [0.3, 0.4) is 0 Å². The molecule has 0 saturated carbocycles. The van der Waals surface area contributed by atoms with Crippen molar-refractivity contribution in [3.63, 3.8) is 0 Å². The summed E-state index contributed by atoms with van der Waals surface area (Å²) in [5.74, 6) is 0.582. The van der Waals surface area contributed by atoms with Crippen LogP contribution in [0, 0.1) is 5.82 Å². The predicted octanol–water partition coefficient (Wildman–Crippen LogP) is 3.12. The molecule has 1 aliphatic heterocycles. The summed E-state index contributed by atoms with van der Waals surface area (Å²) < 4.78 is 21.6. The van der Waals surface area contributed by atoms with E-state index in [1.807, 2.05) is 26.2 Å². The van der Waals surface area contributed by atoms with E-state index in [-0.39, 0.29) is 18.3 Å². The molecule has 1 amide bonds. The largest absolute Gasteiger partial charge is 0.493 e. The number of nitrogens with one attached hydrogen (secondary N) is 2. The first kappa shape index (κ1) is 21.8. The van der Waals surface area contributed by atoms with E-state index in [9.17, 15) is 9.18 Å². The Morgan fingerprint density at radius 1 is 1.21 bits per heavy atom. The maximum Gasteiger partial charge on any atom is 0.255 e. The molecule has 2 N–H and O–H groups in total.